The molecule has 3 heteroatoms. The van der Waals surface area contributed by atoms with Gasteiger partial charge in [-0.15, -0.1) is 0 Å². The molecule has 0 heterocycles. The average molecular weight is 164 g/mol. The van der Waals surface area contributed by atoms with Gasteiger partial charge in [0, 0.05) is 0 Å². The molecule has 0 aliphatic heterocycles. The maximum atomic E-state index is 6.57. The maximum Gasteiger partial charge on any atom is 0.122 e. The van der Waals surface area contributed by atoms with Gasteiger partial charge in [-0.25, -0.2) is 5.53 Å². The van der Waals surface area contributed by atoms with Crippen LogP contribution in [0.4, 0.5) is 0 Å². The Kier molecular flexibility index (Phi) is 3.26. The molecule has 0 atom stereocenters. The average Bonchev–Trinajstić information content (AvgIpc) is 2.09. The van der Waals surface area contributed by atoms with Gasteiger partial charge in [-0.1, -0.05) is 18.2 Å². The maximum absolute atomic E-state index is 6.57. The van der Waals surface area contributed by atoms with Crippen molar-refractivity contribution < 1.29 is 4.74 Å². The van der Waals surface area contributed by atoms with E-state index in [0.29, 0.717) is 13.2 Å². The number of ether oxygens (including phenoxy) is 1. The van der Waals surface area contributed by atoms with E-state index in [1.165, 1.54) is 0 Å². The summed E-state index contributed by atoms with van der Waals surface area (Å²) in [5.41, 5.74) is 7.68. The summed E-state index contributed by atoms with van der Waals surface area (Å²) in [7, 11) is 0. The molecule has 0 saturated carbocycles. The number of para-hydroxylation sites is 1. The summed E-state index contributed by atoms with van der Waals surface area (Å²) in [6.45, 7) is 2.90. The number of hydrogen-bond acceptors (Lipinski definition) is 3. The van der Waals surface area contributed by atoms with E-state index in [9.17, 15) is 0 Å². The van der Waals surface area contributed by atoms with E-state index in [1.807, 2.05) is 31.2 Å². The van der Waals surface area contributed by atoms with Gasteiger partial charge in [-0.05, 0) is 18.6 Å². The number of benzene rings is 1. The molecule has 64 valence electrons. The fourth-order valence-corrected chi connectivity index (χ4v) is 0.920. The third-order valence-corrected chi connectivity index (χ3v) is 1.55. The number of hydrogen-bond donors (Lipinski definition) is 1. The Morgan fingerprint density at radius 2 is 2.17 bits per heavy atom. The van der Waals surface area contributed by atoms with Crippen LogP contribution in [0.15, 0.2) is 29.4 Å². The highest BCUT2D eigenvalue weighted by Crippen LogP contribution is 2.15. The summed E-state index contributed by atoms with van der Waals surface area (Å²) < 4.78 is 5.36. The summed E-state index contributed by atoms with van der Waals surface area (Å²) in [6.07, 6.45) is 0. The van der Waals surface area contributed by atoms with Gasteiger partial charge < -0.3 is 4.74 Å². The highest BCUT2D eigenvalue weighted by molar-refractivity contribution is 5.31. The van der Waals surface area contributed by atoms with E-state index in [4.69, 9.17) is 10.3 Å². The Morgan fingerprint density at radius 3 is 2.83 bits per heavy atom. The molecule has 0 aliphatic rings. The summed E-state index contributed by atoms with van der Waals surface area (Å²) in [6, 6.07) is 7.81. The Morgan fingerprint density at radius 1 is 1.42 bits per heavy atom. The molecule has 1 rings (SSSR count). The lowest BCUT2D eigenvalue weighted by Crippen LogP contribution is -2.01. The van der Waals surface area contributed by atoms with Crippen LogP contribution in [0.2, 0.25) is 0 Å². The monoisotopic (exact) mass is 164 g/mol. The Bertz CT molecular complexity index is 260. The SMILES string of the molecule is Cc1ccccc1OCCN=N. The van der Waals surface area contributed by atoms with Crippen molar-refractivity contribution in [2.24, 2.45) is 5.11 Å². The predicted octanol–water partition coefficient (Wildman–Crippen LogP) is 2.40. The highest BCUT2D eigenvalue weighted by Gasteiger charge is 1.95. The van der Waals surface area contributed by atoms with Crippen LogP contribution in [0, 0.1) is 12.5 Å². The minimum Gasteiger partial charge on any atom is -0.491 e. The zero-order valence-electron chi connectivity index (χ0n) is 7.08. The lowest BCUT2D eigenvalue weighted by molar-refractivity contribution is 0.323. The fraction of sp³-hybridized carbons (Fsp3) is 0.333. The second-order valence-corrected chi connectivity index (χ2v) is 2.50. The predicted molar refractivity (Wildman–Crippen MR) is 46.7 cm³/mol. The zero-order chi connectivity index (χ0) is 8.81. The molecule has 0 radical (unpaired) electrons. The molecule has 0 aromatic heterocycles. The largest absolute Gasteiger partial charge is 0.491 e. The highest BCUT2D eigenvalue weighted by atomic mass is 16.5. The smallest absolute Gasteiger partial charge is 0.122 e. The number of aryl methyl sites for hydroxylation is 1. The summed E-state index contributed by atoms with van der Waals surface area (Å²) in [5, 5.41) is 3.21. The van der Waals surface area contributed by atoms with Crippen LogP contribution in [0.3, 0.4) is 0 Å². The molecule has 0 unspecified atom stereocenters. The van der Waals surface area contributed by atoms with Gasteiger partial charge in [0.2, 0.25) is 0 Å². The lowest BCUT2D eigenvalue weighted by atomic mass is 10.2. The number of nitrogens with zero attached hydrogens (tertiary/aromatic N) is 1. The normalized spacial score (nSPS) is 9.42. The third-order valence-electron chi connectivity index (χ3n) is 1.55. The minimum absolute atomic E-state index is 0.425. The van der Waals surface area contributed by atoms with Gasteiger partial charge in [0.25, 0.3) is 0 Å². The van der Waals surface area contributed by atoms with E-state index in [2.05, 4.69) is 5.11 Å². The molecule has 1 aromatic carbocycles. The lowest BCUT2D eigenvalue weighted by Gasteiger charge is -2.05. The van der Waals surface area contributed by atoms with Gasteiger partial charge in [0.1, 0.15) is 12.4 Å². The van der Waals surface area contributed by atoms with Crippen LogP contribution in [-0.4, -0.2) is 13.2 Å². The number of rotatable bonds is 4. The van der Waals surface area contributed by atoms with E-state index in [-0.39, 0.29) is 0 Å². The first kappa shape index (κ1) is 8.71. The first-order valence-electron chi connectivity index (χ1n) is 3.86. The van der Waals surface area contributed by atoms with Crippen LogP contribution < -0.4 is 4.74 Å². The third kappa shape index (κ3) is 2.34. The van der Waals surface area contributed by atoms with Gasteiger partial charge >= 0.3 is 0 Å². The fourth-order valence-electron chi connectivity index (χ4n) is 0.920. The van der Waals surface area contributed by atoms with E-state index in [1.54, 1.807) is 0 Å². The van der Waals surface area contributed by atoms with Gasteiger partial charge in [-0.3, -0.25) is 0 Å². The van der Waals surface area contributed by atoms with Crippen LogP contribution in [-0.2, 0) is 0 Å². The van der Waals surface area contributed by atoms with Crippen LogP contribution in [0.1, 0.15) is 5.56 Å². The second kappa shape index (κ2) is 4.49. The molecule has 0 spiro atoms. The van der Waals surface area contributed by atoms with Crippen molar-refractivity contribution in [1.29, 1.82) is 5.53 Å². The van der Waals surface area contributed by atoms with Crippen molar-refractivity contribution in [3.63, 3.8) is 0 Å². The van der Waals surface area contributed by atoms with E-state index in [0.717, 1.165) is 11.3 Å². The van der Waals surface area contributed by atoms with Crippen LogP contribution in [0.25, 0.3) is 0 Å². The van der Waals surface area contributed by atoms with E-state index >= 15 is 0 Å². The first-order valence-corrected chi connectivity index (χ1v) is 3.86. The molecular formula is C9H12N2O. The molecule has 0 saturated heterocycles. The Hall–Kier alpha value is -1.38. The van der Waals surface area contributed by atoms with Gasteiger partial charge in [0.05, 0.1) is 6.54 Å². The van der Waals surface area contributed by atoms with Crippen molar-refractivity contribution >= 4 is 0 Å². The van der Waals surface area contributed by atoms with Gasteiger partial charge in [-0.2, -0.15) is 5.11 Å². The van der Waals surface area contributed by atoms with Crippen molar-refractivity contribution in [3.8, 4) is 5.75 Å². The Labute approximate surface area is 71.9 Å². The Balaban J connectivity index is 2.51. The molecule has 0 fully saturated rings. The van der Waals surface area contributed by atoms with Crippen molar-refractivity contribution in [2.75, 3.05) is 13.2 Å². The zero-order valence-corrected chi connectivity index (χ0v) is 7.08. The van der Waals surface area contributed by atoms with Crippen molar-refractivity contribution in [2.45, 2.75) is 6.92 Å². The quantitative estimate of drug-likeness (QED) is 0.539. The van der Waals surface area contributed by atoms with Gasteiger partial charge in [0.15, 0.2) is 0 Å². The topological polar surface area (TPSA) is 45.4 Å². The molecular weight excluding hydrogens is 152 g/mol. The molecule has 1 aromatic rings. The second-order valence-electron chi connectivity index (χ2n) is 2.50. The molecule has 1 N–H and O–H groups in total. The summed E-state index contributed by atoms with van der Waals surface area (Å²) in [4.78, 5) is 0. The summed E-state index contributed by atoms with van der Waals surface area (Å²) >= 11 is 0. The van der Waals surface area contributed by atoms with Crippen LogP contribution >= 0.6 is 0 Å². The first-order chi connectivity index (χ1) is 5.84. The molecule has 0 bridgehead atoms. The van der Waals surface area contributed by atoms with Crippen LogP contribution in [0.5, 0.6) is 5.75 Å². The molecule has 12 heavy (non-hydrogen) atoms. The van der Waals surface area contributed by atoms with E-state index < -0.39 is 0 Å². The van der Waals surface area contributed by atoms with Crippen molar-refractivity contribution in [1.82, 2.24) is 0 Å². The minimum atomic E-state index is 0.425. The van der Waals surface area contributed by atoms with Crippen molar-refractivity contribution in [3.05, 3.63) is 29.8 Å². The standard InChI is InChI=1S/C9H12N2O/c1-8-4-2-3-5-9(8)12-7-6-11-10/h2-5,10H,6-7H2,1H3. The molecule has 0 aliphatic carbocycles. The molecule has 0 amide bonds. The number of nitrogens with one attached hydrogen (secondary N) is 1. The summed E-state index contributed by atoms with van der Waals surface area (Å²) in [5.74, 6) is 0.876. The molecule has 3 nitrogen and oxygen atoms in total.